The highest BCUT2D eigenvalue weighted by Crippen LogP contribution is 2.27. The van der Waals surface area contributed by atoms with Gasteiger partial charge in [0, 0.05) is 19.5 Å². The van der Waals surface area contributed by atoms with E-state index in [1.807, 2.05) is 31.2 Å². The van der Waals surface area contributed by atoms with Crippen molar-refractivity contribution in [2.24, 2.45) is 5.92 Å². The minimum atomic E-state index is -1.31. The van der Waals surface area contributed by atoms with Gasteiger partial charge in [-0.15, -0.1) is 11.3 Å². The number of nitrogens with zero attached hydrogens (tertiary/aromatic N) is 2. The van der Waals surface area contributed by atoms with Crippen LogP contribution in [0.15, 0.2) is 29.8 Å². The normalized spacial score (nSPS) is 19.1. The predicted molar refractivity (Wildman–Crippen MR) is 120 cm³/mol. The molecule has 0 saturated carbocycles. The molecule has 10 heteroatoms. The predicted octanol–water partition coefficient (Wildman–Crippen LogP) is 1.99. The summed E-state index contributed by atoms with van der Waals surface area (Å²) < 4.78 is 0. The topological polar surface area (TPSA) is 132 Å². The van der Waals surface area contributed by atoms with E-state index < -0.39 is 30.2 Å². The SMILES string of the molecule is Cc1ncsc1-c1ccc(CNC(=O)[C@H]2C[C@@H](O)CN2C(=O)C(NC(=O)O)C(C)C)cc1. The highest BCUT2D eigenvalue weighted by Gasteiger charge is 2.42. The first-order chi connectivity index (χ1) is 15.2. The van der Waals surface area contributed by atoms with E-state index in [1.165, 1.54) is 4.90 Å². The van der Waals surface area contributed by atoms with Gasteiger partial charge in [0.25, 0.3) is 0 Å². The van der Waals surface area contributed by atoms with E-state index in [9.17, 15) is 19.5 Å². The number of aryl methyl sites for hydroxylation is 1. The third-order valence-electron chi connectivity index (χ3n) is 5.50. The molecular formula is C22H28N4O5S. The summed E-state index contributed by atoms with van der Waals surface area (Å²) in [6.07, 6.45) is -2.04. The number of nitrogens with one attached hydrogen (secondary N) is 2. The van der Waals surface area contributed by atoms with Gasteiger partial charge in [-0.2, -0.15) is 0 Å². The standard InChI is InChI=1S/C22H28N4O5S/c1-12(2)18(25-22(30)31)21(29)26-10-16(27)8-17(26)20(28)23-9-14-4-6-15(7-5-14)19-13(3)24-11-32-19/h4-7,11-12,16-18,25,27H,8-10H2,1-3H3,(H,23,28)(H,30,31)/t16-,17-,18?/m1/s1. The maximum Gasteiger partial charge on any atom is 0.405 e. The molecule has 2 heterocycles. The Balaban J connectivity index is 1.64. The fourth-order valence-electron chi connectivity index (χ4n) is 3.79. The van der Waals surface area contributed by atoms with Crippen molar-refractivity contribution >= 4 is 29.2 Å². The first-order valence-electron chi connectivity index (χ1n) is 10.4. The van der Waals surface area contributed by atoms with Crippen LogP contribution < -0.4 is 10.6 Å². The fourth-order valence-corrected chi connectivity index (χ4v) is 4.60. The van der Waals surface area contributed by atoms with Crippen molar-refractivity contribution in [2.45, 2.75) is 51.9 Å². The summed E-state index contributed by atoms with van der Waals surface area (Å²) in [5.41, 5.74) is 4.73. The molecule has 32 heavy (non-hydrogen) atoms. The third kappa shape index (κ3) is 5.43. The number of aromatic nitrogens is 1. The van der Waals surface area contributed by atoms with E-state index in [2.05, 4.69) is 15.6 Å². The molecule has 1 aromatic carbocycles. The minimum Gasteiger partial charge on any atom is -0.465 e. The quantitative estimate of drug-likeness (QED) is 0.500. The summed E-state index contributed by atoms with van der Waals surface area (Å²) in [4.78, 5) is 43.5. The average molecular weight is 461 g/mol. The summed E-state index contributed by atoms with van der Waals surface area (Å²) in [6, 6.07) is 5.95. The number of likely N-dealkylation sites (tertiary alicyclic amines) is 1. The van der Waals surface area contributed by atoms with Gasteiger partial charge in [0.2, 0.25) is 11.8 Å². The molecule has 172 valence electrons. The highest BCUT2D eigenvalue weighted by molar-refractivity contribution is 7.13. The second-order valence-electron chi connectivity index (χ2n) is 8.25. The van der Waals surface area contributed by atoms with E-state index >= 15 is 0 Å². The number of rotatable bonds is 7. The molecule has 4 N–H and O–H groups in total. The molecule has 1 saturated heterocycles. The maximum atomic E-state index is 12.9. The van der Waals surface area contributed by atoms with Crippen LogP contribution >= 0.6 is 11.3 Å². The van der Waals surface area contributed by atoms with Crippen molar-refractivity contribution in [3.05, 3.63) is 41.0 Å². The van der Waals surface area contributed by atoms with Crippen LogP contribution in [0.1, 0.15) is 31.5 Å². The van der Waals surface area contributed by atoms with Gasteiger partial charge in [0.1, 0.15) is 12.1 Å². The Morgan fingerprint density at radius 1 is 1.25 bits per heavy atom. The number of amides is 3. The van der Waals surface area contributed by atoms with Crippen LogP contribution in [0.5, 0.6) is 0 Å². The summed E-state index contributed by atoms with van der Waals surface area (Å²) >= 11 is 1.57. The number of thiazole rings is 1. The summed E-state index contributed by atoms with van der Waals surface area (Å²) in [7, 11) is 0. The van der Waals surface area contributed by atoms with Gasteiger partial charge in [-0.1, -0.05) is 38.1 Å². The zero-order valence-corrected chi connectivity index (χ0v) is 19.1. The molecule has 1 aliphatic heterocycles. The summed E-state index contributed by atoms with van der Waals surface area (Å²) in [6.45, 7) is 5.66. The molecule has 1 aliphatic rings. The molecule has 1 fully saturated rings. The first kappa shape index (κ1) is 23.7. The van der Waals surface area contributed by atoms with Gasteiger partial charge >= 0.3 is 6.09 Å². The number of hydrogen-bond donors (Lipinski definition) is 4. The smallest absolute Gasteiger partial charge is 0.405 e. The van der Waals surface area contributed by atoms with Gasteiger partial charge < -0.3 is 25.7 Å². The monoisotopic (exact) mass is 460 g/mol. The largest absolute Gasteiger partial charge is 0.465 e. The van der Waals surface area contributed by atoms with Gasteiger partial charge in [0.05, 0.1) is 22.2 Å². The molecule has 2 aromatic rings. The van der Waals surface area contributed by atoms with Crippen molar-refractivity contribution in [2.75, 3.05) is 6.54 Å². The molecule has 3 atom stereocenters. The minimum absolute atomic E-state index is 0.00959. The number of aliphatic hydroxyl groups excluding tert-OH is 1. The lowest BCUT2D eigenvalue weighted by molar-refractivity contribution is -0.140. The Hall–Kier alpha value is -2.98. The Labute approximate surface area is 190 Å². The molecule has 1 aromatic heterocycles. The average Bonchev–Trinajstić information content (AvgIpc) is 3.35. The van der Waals surface area contributed by atoms with Gasteiger partial charge in [-0.05, 0) is 24.0 Å². The Bertz CT molecular complexity index is 975. The fraction of sp³-hybridized carbons (Fsp3) is 0.455. The summed E-state index contributed by atoms with van der Waals surface area (Å²) in [5, 5.41) is 24.2. The van der Waals surface area contributed by atoms with Crippen LogP contribution in [0.3, 0.4) is 0 Å². The third-order valence-corrected chi connectivity index (χ3v) is 6.48. The van der Waals surface area contributed by atoms with Crippen molar-refractivity contribution in [1.29, 1.82) is 0 Å². The molecule has 0 bridgehead atoms. The zero-order chi connectivity index (χ0) is 23.4. The lowest BCUT2D eigenvalue weighted by Crippen LogP contribution is -2.55. The van der Waals surface area contributed by atoms with Crippen molar-refractivity contribution in [1.82, 2.24) is 20.5 Å². The molecule has 0 radical (unpaired) electrons. The van der Waals surface area contributed by atoms with Gasteiger partial charge in [0.15, 0.2) is 0 Å². The van der Waals surface area contributed by atoms with E-state index in [-0.39, 0.29) is 31.3 Å². The zero-order valence-electron chi connectivity index (χ0n) is 18.2. The summed E-state index contributed by atoms with van der Waals surface area (Å²) in [5.74, 6) is -1.20. The number of benzene rings is 1. The van der Waals surface area contributed by atoms with Crippen LogP contribution in [0.25, 0.3) is 10.4 Å². The lowest BCUT2D eigenvalue weighted by atomic mass is 10.0. The Morgan fingerprint density at radius 3 is 2.50 bits per heavy atom. The van der Waals surface area contributed by atoms with E-state index in [4.69, 9.17) is 5.11 Å². The number of β-amino-alcohol motifs (C(OH)–C–C–N with tert-alkyl or cyclic N) is 1. The van der Waals surface area contributed by atoms with Gasteiger partial charge in [-0.3, -0.25) is 9.59 Å². The number of carbonyl (C=O) groups excluding carboxylic acids is 2. The number of aliphatic hydroxyl groups is 1. The van der Waals surface area contributed by atoms with E-state index in [1.54, 1.807) is 30.7 Å². The van der Waals surface area contributed by atoms with Crippen molar-refractivity contribution in [3.63, 3.8) is 0 Å². The molecule has 0 spiro atoms. The Morgan fingerprint density at radius 2 is 1.94 bits per heavy atom. The van der Waals surface area contributed by atoms with Gasteiger partial charge in [-0.25, -0.2) is 9.78 Å². The number of carbonyl (C=O) groups is 3. The highest BCUT2D eigenvalue weighted by atomic mass is 32.1. The first-order valence-corrected chi connectivity index (χ1v) is 11.3. The van der Waals surface area contributed by atoms with E-state index in [0.29, 0.717) is 0 Å². The lowest BCUT2D eigenvalue weighted by Gasteiger charge is -2.29. The molecular weight excluding hydrogens is 432 g/mol. The van der Waals surface area contributed by atoms with E-state index in [0.717, 1.165) is 21.7 Å². The van der Waals surface area contributed by atoms with Crippen LogP contribution in [-0.2, 0) is 16.1 Å². The molecule has 1 unspecified atom stereocenters. The second-order valence-corrected chi connectivity index (χ2v) is 9.10. The molecule has 0 aliphatic carbocycles. The molecule has 3 amide bonds. The Kier molecular flexibility index (Phi) is 7.47. The van der Waals surface area contributed by atoms with Crippen LogP contribution in [0.4, 0.5) is 4.79 Å². The second kappa shape index (κ2) is 10.1. The molecule has 9 nitrogen and oxygen atoms in total. The van der Waals surface area contributed by atoms with Crippen molar-refractivity contribution < 1.29 is 24.6 Å². The van der Waals surface area contributed by atoms with Crippen LogP contribution in [-0.4, -0.2) is 62.7 Å². The molecule has 3 rings (SSSR count). The van der Waals surface area contributed by atoms with Crippen molar-refractivity contribution in [3.8, 4) is 10.4 Å². The number of carboxylic acid groups (broad SMARTS) is 1. The van der Waals surface area contributed by atoms with Crippen LogP contribution in [0.2, 0.25) is 0 Å². The van der Waals surface area contributed by atoms with Crippen LogP contribution in [0, 0.1) is 12.8 Å². The maximum absolute atomic E-state index is 12.9. The number of hydrogen-bond acceptors (Lipinski definition) is 6.